The maximum Gasteiger partial charge on any atom is 0.194 e. The van der Waals surface area contributed by atoms with Crippen molar-refractivity contribution in [3.05, 3.63) is 40.9 Å². The van der Waals surface area contributed by atoms with Crippen LogP contribution in [-0.4, -0.2) is 17.6 Å². The minimum Gasteiger partial charge on any atom is -0.441 e. The van der Waals surface area contributed by atoms with E-state index in [0.29, 0.717) is 5.02 Å². The molecule has 1 N–H and O–H groups in total. The molecule has 1 fully saturated rings. The van der Waals surface area contributed by atoms with E-state index in [9.17, 15) is 0 Å². The van der Waals surface area contributed by atoms with Crippen molar-refractivity contribution < 1.29 is 4.42 Å². The van der Waals surface area contributed by atoms with Crippen molar-refractivity contribution in [1.29, 1.82) is 0 Å². The van der Waals surface area contributed by atoms with Gasteiger partial charge < -0.3 is 9.73 Å². The molecule has 2 aromatic rings. The molecule has 0 atom stereocenters. The van der Waals surface area contributed by atoms with Gasteiger partial charge in [-0.25, -0.2) is 4.98 Å². The Morgan fingerprint density at radius 3 is 3.00 bits per heavy atom. The minimum absolute atomic E-state index is 0.711. The van der Waals surface area contributed by atoms with E-state index in [2.05, 4.69) is 10.3 Å². The van der Waals surface area contributed by atoms with Gasteiger partial charge in [0, 0.05) is 18.0 Å². The summed E-state index contributed by atoms with van der Waals surface area (Å²) in [6.45, 7) is 3.06. The van der Waals surface area contributed by atoms with Crippen molar-refractivity contribution in [3.8, 4) is 11.3 Å². The van der Waals surface area contributed by atoms with E-state index in [1.165, 1.54) is 12.8 Å². The lowest BCUT2D eigenvalue weighted by Gasteiger charge is -2.02. The summed E-state index contributed by atoms with van der Waals surface area (Å²) in [4.78, 5) is 4.34. The molecule has 3 rings (SSSR count). The molecular formula is C16H19ClN2O. The molecule has 0 spiro atoms. The molecule has 0 amide bonds. The van der Waals surface area contributed by atoms with Crippen LogP contribution < -0.4 is 5.32 Å². The second-order valence-electron chi connectivity index (χ2n) is 5.43. The number of hydrogen-bond acceptors (Lipinski definition) is 3. The van der Waals surface area contributed by atoms with Crippen LogP contribution in [-0.2, 0) is 6.42 Å². The van der Waals surface area contributed by atoms with Crippen molar-refractivity contribution in [1.82, 2.24) is 10.3 Å². The van der Waals surface area contributed by atoms with Crippen molar-refractivity contribution >= 4 is 11.6 Å². The molecular weight excluding hydrogens is 272 g/mol. The molecule has 0 saturated heterocycles. The van der Waals surface area contributed by atoms with Crippen LogP contribution >= 0.6 is 11.6 Å². The Kier molecular flexibility index (Phi) is 4.08. The second-order valence-corrected chi connectivity index (χ2v) is 5.84. The average Bonchev–Trinajstić information content (AvgIpc) is 3.13. The molecule has 20 heavy (non-hydrogen) atoms. The van der Waals surface area contributed by atoms with Gasteiger partial charge in [0.2, 0.25) is 0 Å². The molecule has 0 bridgehead atoms. The van der Waals surface area contributed by atoms with Crippen molar-refractivity contribution in [2.45, 2.75) is 38.6 Å². The van der Waals surface area contributed by atoms with Gasteiger partial charge >= 0.3 is 0 Å². The highest BCUT2D eigenvalue weighted by molar-refractivity contribution is 6.33. The normalized spacial score (nSPS) is 14.7. The number of nitrogens with zero attached hydrogens (tertiary/aromatic N) is 1. The summed E-state index contributed by atoms with van der Waals surface area (Å²) in [5.74, 6) is 1.54. The van der Waals surface area contributed by atoms with Crippen LogP contribution in [0.1, 0.15) is 30.7 Å². The summed E-state index contributed by atoms with van der Waals surface area (Å²) in [5, 5.41) is 4.20. The number of halogens is 1. The van der Waals surface area contributed by atoms with Crippen molar-refractivity contribution in [2.75, 3.05) is 6.54 Å². The predicted octanol–water partition coefficient (Wildman–Crippen LogP) is 3.99. The molecule has 1 saturated carbocycles. The third-order valence-electron chi connectivity index (χ3n) is 3.52. The Morgan fingerprint density at radius 2 is 2.25 bits per heavy atom. The zero-order valence-electron chi connectivity index (χ0n) is 11.7. The maximum absolute atomic E-state index is 6.24. The zero-order valence-corrected chi connectivity index (χ0v) is 12.4. The molecule has 1 aliphatic rings. The number of benzene rings is 1. The fraction of sp³-hybridized carbons (Fsp3) is 0.438. The van der Waals surface area contributed by atoms with Crippen molar-refractivity contribution in [2.24, 2.45) is 0 Å². The van der Waals surface area contributed by atoms with E-state index in [-0.39, 0.29) is 0 Å². The molecule has 4 heteroatoms. The average molecular weight is 291 g/mol. The lowest BCUT2D eigenvalue weighted by molar-refractivity contribution is 0.491. The molecule has 0 aliphatic heterocycles. The zero-order chi connectivity index (χ0) is 13.9. The van der Waals surface area contributed by atoms with Gasteiger partial charge in [-0.3, -0.25) is 0 Å². The number of nitrogens with one attached hydrogen (secondary N) is 1. The Morgan fingerprint density at radius 1 is 1.40 bits per heavy atom. The Hall–Kier alpha value is -1.32. The highest BCUT2D eigenvalue weighted by Gasteiger charge is 2.19. The number of aryl methyl sites for hydroxylation is 2. The van der Waals surface area contributed by atoms with E-state index < -0.39 is 0 Å². The molecule has 0 radical (unpaired) electrons. The van der Waals surface area contributed by atoms with Gasteiger partial charge in [0.25, 0.3) is 0 Å². The van der Waals surface area contributed by atoms with E-state index in [4.69, 9.17) is 16.0 Å². The van der Waals surface area contributed by atoms with Gasteiger partial charge in [0.15, 0.2) is 11.7 Å². The largest absolute Gasteiger partial charge is 0.441 e. The van der Waals surface area contributed by atoms with Crippen LogP contribution in [0.25, 0.3) is 11.3 Å². The smallest absolute Gasteiger partial charge is 0.194 e. The quantitative estimate of drug-likeness (QED) is 0.818. The van der Waals surface area contributed by atoms with Gasteiger partial charge in [-0.05, 0) is 50.4 Å². The SMILES string of the molecule is Cc1ccc(-c2cnc(CCCNC3CC3)o2)c(Cl)c1. The van der Waals surface area contributed by atoms with Gasteiger partial charge in [0.05, 0.1) is 11.2 Å². The third kappa shape index (κ3) is 3.41. The number of rotatable bonds is 6. The van der Waals surface area contributed by atoms with Crippen LogP contribution in [0.5, 0.6) is 0 Å². The van der Waals surface area contributed by atoms with Gasteiger partial charge in [0.1, 0.15) is 0 Å². The van der Waals surface area contributed by atoms with E-state index in [1.807, 2.05) is 25.1 Å². The fourth-order valence-electron chi connectivity index (χ4n) is 2.20. The number of oxazole rings is 1. The standard InChI is InChI=1S/C16H19ClN2O/c1-11-4-7-13(14(17)9-11)15-10-19-16(20-15)3-2-8-18-12-5-6-12/h4,7,9-10,12,18H,2-3,5-6,8H2,1H3. The fourth-order valence-corrected chi connectivity index (χ4v) is 2.53. The van der Waals surface area contributed by atoms with Crippen molar-refractivity contribution in [3.63, 3.8) is 0 Å². The van der Waals surface area contributed by atoms with Crippen LogP contribution in [0.15, 0.2) is 28.8 Å². The van der Waals surface area contributed by atoms with Crippen LogP contribution in [0.2, 0.25) is 5.02 Å². The Bertz CT molecular complexity index is 590. The van der Waals surface area contributed by atoms with Gasteiger partial charge in [-0.2, -0.15) is 0 Å². The first kappa shape index (κ1) is 13.7. The summed E-state index contributed by atoms with van der Waals surface area (Å²) >= 11 is 6.24. The Balaban J connectivity index is 1.60. The van der Waals surface area contributed by atoms with Gasteiger partial charge in [-0.1, -0.05) is 17.7 Å². The lowest BCUT2D eigenvalue weighted by atomic mass is 10.1. The summed E-state index contributed by atoms with van der Waals surface area (Å²) in [6, 6.07) is 6.72. The number of aromatic nitrogens is 1. The predicted molar refractivity (Wildman–Crippen MR) is 81.0 cm³/mol. The second kappa shape index (κ2) is 5.98. The van der Waals surface area contributed by atoms with Crippen LogP contribution in [0, 0.1) is 6.92 Å². The first-order valence-corrected chi connectivity index (χ1v) is 7.55. The van der Waals surface area contributed by atoms with E-state index >= 15 is 0 Å². The van der Waals surface area contributed by atoms with E-state index in [1.54, 1.807) is 6.20 Å². The molecule has 106 valence electrons. The topological polar surface area (TPSA) is 38.1 Å². The Labute approximate surface area is 124 Å². The molecule has 0 unspecified atom stereocenters. The first-order valence-electron chi connectivity index (χ1n) is 7.17. The number of hydrogen-bond donors (Lipinski definition) is 1. The van der Waals surface area contributed by atoms with Crippen LogP contribution in [0.4, 0.5) is 0 Å². The molecule has 3 nitrogen and oxygen atoms in total. The highest BCUT2D eigenvalue weighted by Crippen LogP contribution is 2.29. The summed E-state index contributed by atoms with van der Waals surface area (Å²) in [6.07, 6.45) is 6.34. The molecule has 1 aromatic carbocycles. The molecule has 1 aromatic heterocycles. The lowest BCUT2D eigenvalue weighted by Crippen LogP contribution is -2.17. The monoisotopic (exact) mass is 290 g/mol. The third-order valence-corrected chi connectivity index (χ3v) is 3.83. The maximum atomic E-state index is 6.24. The van der Waals surface area contributed by atoms with Crippen LogP contribution in [0.3, 0.4) is 0 Å². The van der Waals surface area contributed by atoms with E-state index in [0.717, 1.165) is 48.2 Å². The minimum atomic E-state index is 0.711. The summed E-state index contributed by atoms with van der Waals surface area (Å²) < 4.78 is 5.79. The first-order chi connectivity index (χ1) is 9.72. The summed E-state index contributed by atoms with van der Waals surface area (Å²) in [5.41, 5.74) is 2.05. The molecule has 1 aliphatic carbocycles. The molecule has 1 heterocycles. The highest BCUT2D eigenvalue weighted by atomic mass is 35.5. The van der Waals surface area contributed by atoms with Gasteiger partial charge in [-0.15, -0.1) is 0 Å². The summed E-state index contributed by atoms with van der Waals surface area (Å²) in [7, 11) is 0.